The van der Waals surface area contributed by atoms with Gasteiger partial charge in [0.05, 0.1) is 19.6 Å². The van der Waals surface area contributed by atoms with Crippen LogP contribution in [-0.4, -0.2) is 53.6 Å². The molecule has 4 aliphatic rings. The second-order valence-electron chi connectivity index (χ2n) is 10.2. The summed E-state index contributed by atoms with van der Waals surface area (Å²) < 4.78 is 7.30. The van der Waals surface area contributed by atoms with Crippen molar-refractivity contribution in [3.05, 3.63) is 52.7 Å². The highest BCUT2D eigenvalue weighted by Gasteiger charge is 2.53. The molecule has 2 bridgehead atoms. The topological polar surface area (TPSA) is 46.5 Å². The van der Waals surface area contributed by atoms with E-state index in [1.165, 1.54) is 35.7 Å². The van der Waals surface area contributed by atoms with Crippen LogP contribution in [0.1, 0.15) is 49.8 Å². The van der Waals surface area contributed by atoms with E-state index in [-0.39, 0.29) is 12.0 Å². The first kappa shape index (κ1) is 23.4. The monoisotopic (exact) mass is 486 g/mol. The lowest BCUT2D eigenvalue weighted by Crippen LogP contribution is -2.65. The van der Waals surface area contributed by atoms with Gasteiger partial charge in [0, 0.05) is 46.6 Å². The number of carbonyl (C=O) groups excluding carboxylic acids is 1. The van der Waals surface area contributed by atoms with Gasteiger partial charge in [-0.15, -0.1) is 23.1 Å². The Hall–Kier alpha value is -1.34. The van der Waals surface area contributed by atoms with Crippen LogP contribution in [0.2, 0.25) is 0 Å². The highest BCUT2D eigenvalue weighted by atomic mass is 32.2. The molecule has 1 aliphatic carbocycles. The van der Waals surface area contributed by atoms with Crippen molar-refractivity contribution in [2.45, 2.75) is 61.5 Å². The number of aliphatic hydroxyl groups is 1. The molecule has 33 heavy (non-hydrogen) atoms. The van der Waals surface area contributed by atoms with Crippen LogP contribution in [0.15, 0.2) is 52.7 Å². The maximum absolute atomic E-state index is 13.5. The van der Waals surface area contributed by atoms with E-state index in [2.05, 4.69) is 30.3 Å². The van der Waals surface area contributed by atoms with Gasteiger partial charge in [-0.1, -0.05) is 37.1 Å². The van der Waals surface area contributed by atoms with Crippen LogP contribution >= 0.6 is 23.1 Å². The highest BCUT2D eigenvalue weighted by molar-refractivity contribution is 7.99. The van der Waals surface area contributed by atoms with Gasteiger partial charge in [0.2, 0.25) is 0 Å². The molecule has 6 rings (SSSR count). The van der Waals surface area contributed by atoms with E-state index in [0.29, 0.717) is 5.92 Å². The summed E-state index contributed by atoms with van der Waals surface area (Å²) in [4.78, 5) is 15.6. The second-order valence-corrected chi connectivity index (χ2v) is 12.3. The zero-order valence-corrected chi connectivity index (χ0v) is 21.0. The van der Waals surface area contributed by atoms with Crippen molar-refractivity contribution in [2.24, 2.45) is 11.8 Å². The molecule has 2 atom stereocenters. The Balaban J connectivity index is 1.22. The van der Waals surface area contributed by atoms with Crippen molar-refractivity contribution in [2.75, 3.05) is 31.9 Å². The molecule has 4 nitrogen and oxygen atoms in total. The summed E-state index contributed by atoms with van der Waals surface area (Å²) in [7, 11) is 0. The van der Waals surface area contributed by atoms with Crippen LogP contribution in [0.3, 0.4) is 0 Å². The number of benzene rings is 1. The third-order valence-corrected chi connectivity index (χ3v) is 10.3. The average molecular weight is 487 g/mol. The number of piperidine rings is 3. The van der Waals surface area contributed by atoms with E-state index >= 15 is 0 Å². The van der Waals surface area contributed by atoms with Crippen LogP contribution < -0.4 is 0 Å². The van der Waals surface area contributed by atoms with E-state index in [0.717, 1.165) is 66.7 Å². The van der Waals surface area contributed by atoms with Gasteiger partial charge in [0.25, 0.3) is 0 Å². The number of hydrogen-bond acceptors (Lipinski definition) is 5. The number of esters is 1. The van der Waals surface area contributed by atoms with Crippen LogP contribution in [0.5, 0.6) is 0 Å². The minimum absolute atomic E-state index is 0.0251. The van der Waals surface area contributed by atoms with E-state index in [1.54, 1.807) is 0 Å². The summed E-state index contributed by atoms with van der Waals surface area (Å²) in [6.45, 7) is 4.47. The van der Waals surface area contributed by atoms with Gasteiger partial charge in [-0.3, -0.25) is 0 Å². The quantitative estimate of drug-likeness (QED) is 0.221. The molecule has 2 unspecified atom stereocenters. The number of fused-ring (bicyclic) bond motifs is 3. The smallest absolute Gasteiger partial charge is 0.344 e. The predicted octanol–water partition coefficient (Wildman–Crippen LogP) is 5.46. The molecular formula is C27H36NO3S2+. The maximum atomic E-state index is 13.5. The average Bonchev–Trinajstić information content (AvgIpc) is 3.58. The lowest BCUT2D eigenvalue weighted by Gasteiger charge is -2.52. The van der Waals surface area contributed by atoms with Gasteiger partial charge < -0.3 is 14.3 Å². The van der Waals surface area contributed by atoms with E-state index in [4.69, 9.17) is 4.74 Å². The molecule has 2 aromatic rings. The SMILES string of the molecule is O=C(OC1C[N+]2(CCCSc3ccccc3)CCC1CC2)C(O)(c1cccs1)C1CCCC1. The summed E-state index contributed by atoms with van der Waals surface area (Å²) >= 11 is 3.41. The summed E-state index contributed by atoms with van der Waals surface area (Å²) in [6.07, 6.45) is 7.33. The Labute approximate surface area is 205 Å². The number of rotatable bonds is 9. The lowest BCUT2D eigenvalue weighted by molar-refractivity contribution is -0.946. The third-order valence-electron chi connectivity index (χ3n) is 8.24. The summed E-state index contributed by atoms with van der Waals surface area (Å²) in [5.41, 5.74) is -1.48. The molecule has 1 aromatic carbocycles. The third kappa shape index (κ3) is 4.90. The number of thiophene rings is 1. The van der Waals surface area contributed by atoms with E-state index in [9.17, 15) is 9.90 Å². The van der Waals surface area contributed by atoms with Gasteiger partial charge in [-0.2, -0.15) is 0 Å². The molecule has 0 radical (unpaired) electrons. The Morgan fingerprint density at radius 2 is 1.85 bits per heavy atom. The number of ether oxygens (including phenoxy) is 1. The molecule has 3 aliphatic heterocycles. The molecule has 6 heteroatoms. The fourth-order valence-corrected chi connectivity index (χ4v) is 8.06. The first-order chi connectivity index (χ1) is 16.1. The fourth-order valence-electron chi connectivity index (χ4n) is 6.31. The first-order valence-corrected chi connectivity index (χ1v) is 14.5. The van der Waals surface area contributed by atoms with Gasteiger partial charge >= 0.3 is 5.97 Å². The molecule has 4 fully saturated rings. The lowest BCUT2D eigenvalue weighted by atomic mass is 9.82. The van der Waals surface area contributed by atoms with Gasteiger partial charge in [-0.25, -0.2) is 4.79 Å². The minimum Gasteiger partial charge on any atom is -0.454 e. The summed E-state index contributed by atoms with van der Waals surface area (Å²) in [5, 5.41) is 13.7. The molecule has 4 heterocycles. The molecule has 1 saturated carbocycles. The van der Waals surface area contributed by atoms with Crippen LogP contribution in [0.25, 0.3) is 0 Å². The van der Waals surface area contributed by atoms with Gasteiger partial charge in [-0.05, 0) is 36.4 Å². The summed E-state index contributed by atoms with van der Waals surface area (Å²) in [6, 6.07) is 14.4. The Kier molecular flexibility index (Phi) is 7.17. The predicted molar refractivity (Wildman–Crippen MR) is 134 cm³/mol. The first-order valence-electron chi connectivity index (χ1n) is 12.6. The number of nitrogens with zero attached hydrogens (tertiary/aromatic N) is 1. The van der Waals surface area contributed by atoms with Crippen molar-refractivity contribution in [1.82, 2.24) is 0 Å². The van der Waals surface area contributed by atoms with Crippen molar-refractivity contribution < 1.29 is 19.1 Å². The molecular weight excluding hydrogens is 450 g/mol. The molecule has 3 saturated heterocycles. The molecule has 0 spiro atoms. The zero-order valence-electron chi connectivity index (χ0n) is 19.4. The van der Waals surface area contributed by atoms with Crippen LogP contribution in [0, 0.1) is 11.8 Å². The normalized spacial score (nSPS) is 29.1. The van der Waals surface area contributed by atoms with E-state index in [1.807, 2.05) is 29.3 Å². The van der Waals surface area contributed by atoms with Crippen molar-refractivity contribution >= 4 is 29.1 Å². The van der Waals surface area contributed by atoms with Gasteiger partial charge in [0.1, 0.15) is 6.54 Å². The molecule has 178 valence electrons. The van der Waals surface area contributed by atoms with E-state index < -0.39 is 11.6 Å². The number of thioether (sulfide) groups is 1. The standard InChI is InChI=1S/C27H36NO3S2/c29-26(27(30,22-8-4-5-9-22)25-12-6-18-33-25)31-24-20-28(16-13-21(24)14-17-28)15-7-19-32-23-10-2-1-3-11-23/h1-3,6,10-12,18,21-22,24,30H,4-5,7-9,13-17,19-20H2/q+1. The van der Waals surface area contributed by atoms with Crippen LogP contribution in [-0.2, 0) is 15.1 Å². The Bertz CT molecular complexity index is 905. The number of hydrogen-bond donors (Lipinski definition) is 1. The second kappa shape index (κ2) is 10.1. The largest absolute Gasteiger partial charge is 0.454 e. The summed E-state index contributed by atoms with van der Waals surface area (Å²) in [5.74, 6) is 1.15. The molecule has 1 N–H and O–H groups in total. The Morgan fingerprint density at radius 1 is 1.09 bits per heavy atom. The number of carbonyl (C=O) groups is 1. The van der Waals surface area contributed by atoms with Crippen molar-refractivity contribution in [3.63, 3.8) is 0 Å². The minimum atomic E-state index is -1.48. The zero-order chi connectivity index (χ0) is 22.7. The Morgan fingerprint density at radius 3 is 2.55 bits per heavy atom. The van der Waals surface area contributed by atoms with Gasteiger partial charge in [0.15, 0.2) is 11.7 Å². The fraction of sp³-hybridized carbons (Fsp3) is 0.593. The van der Waals surface area contributed by atoms with Crippen LogP contribution in [0.4, 0.5) is 0 Å². The molecule has 0 amide bonds. The van der Waals surface area contributed by atoms with Crippen molar-refractivity contribution in [3.8, 4) is 0 Å². The van der Waals surface area contributed by atoms with Crippen molar-refractivity contribution in [1.29, 1.82) is 0 Å². The molecule has 1 aromatic heterocycles. The maximum Gasteiger partial charge on any atom is 0.344 e. The number of quaternary nitrogens is 1. The highest BCUT2D eigenvalue weighted by Crippen LogP contribution is 2.44.